The second kappa shape index (κ2) is 8.83. The summed E-state index contributed by atoms with van der Waals surface area (Å²) in [5, 5.41) is 4.18. The lowest BCUT2D eigenvalue weighted by Gasteiger charge is -2.32. The van der Waals surface area contributed by atoms with Crippen LogP contribution in [0.4, 0.5) is 10.1 Å². The molecular formula is C23H29FN2S. The first-order chi connectivity index (χ1) is 13.0. The van der Waals surface area contributed by atoms with Gasteiger partial charge in [0.2, 0.25) is 0 Å². The van der Waals surface area contributed by atoms with E-state index < -0.39 is 0 Å². The van der Waals surface area contributed by atoms with E-state index in [-0.39, 0.29) is 5.82 Å². The first-order valence-corrected chi connectivity index (χ1v) is 10.3. The molecule has 0 radical (unpaired) electrons. The van der Waals surface area contributed by atoms with Crippen LogP contribution in [0.2, 0.25) is 0 Å². The summed E-state index contributed by atoms with van der Waals surface area (Å²) in [4.78, 5) is 2.19. The maximum absolute atomic E-state index is 14.3. The molecule has 0 atom stereocenters. The fraction of sp³-hybridized carbons (Fsp3) is 0.435. The summed E-state index contributed by atoms with van der Waals surface area (Å²) >= 11 is 5.82. The molecule has 2 nitrogen and oxygen atoms in total. The van der Waals surface area contributed by atoms with Crippen LogP contribution < -0.4 is 5.32 Å². The van der Waals surface area contributed by atoms with Crippen molar-refractivity contribution in [3.63, 3.8) is 0 Å². The van der Waals surface area contributed by atoms with Crippen LogP contribution in [0.25, 0.3) is 0 Å². The lowest BCUT2D eigenvalue weighted by Crippen LogP contribution is -2.41. The van der Waals surface area contributed by atoms with Gasteiger partial charge in [0.05, 0.1) is 0 Å². The molecule has 0 saturated heterocycles. The predicted molar refractivity (Wildman–Crippen MR) is 116 cm³/mol. The van der Waals surface area contributed by atoms with E-state index in [1.165, 1.54) is 30.0 Å². The van der Waals surface area contributed by atoms with Crippen molar-refractivity contribution in [1.82, 2.24) is 4.90 Å². The SMILES string of the molecule is Cc1cccc(NC(=S)N(Cc2ccccc2F)C2CCCC2)c1C(C)C. The summed E-state index contributed by atoms with van der Waals surface area (Å²) in [5.41, 5.74) is 4.31. The van der Waals surface area contributed by atoms with Gasteiger partial charge in [0.1, 0.15) is 5.82 Å². The number of aryl methyl sites for hydroxylation is 1. The molecule has 0 aromatic heterocycles. The molecule has 3 rings (SSSR count). The smallest absolute Gasteiger partial charge is 0.173 e. The zero-order chi connectivity index (χ0) is 19.4. The van der Waals surface area contributed by atoms with Crippen molar-refractivity contribution in [3.8, 4) is 0 Å². The van der Waals surface area contributed by atoms with Gasteiger partial charge in [0.15, 0.2) is 5.11 Å². The number of thiocarbonyl (C=S) groups is 1. The summed E-state index contributed by atoms with van der Waals surface area (Å²) in [6.07, 6.45) is 4.65. The fourth-order valence-corrected chi connectivity index (χ4v) is 4.46. The van der Waals surface area contributed by atoms with Crippen LogP contribution in [0.3, 0.4) is 0 Å². The van der Waals surface area contributed by atoms with Crippen molar-refractivity contribution in [2.75, 3.05) is 5.32 Å². The number of nitrogens with one attached hydrogen (secondary N) is 1. The third-order valence-corrected chi connectivity index (χ3v) is 5.80. The molecule has 0 amide bonds. The molecule has 0 spiro atoms. The van der Waals surface area contributed by atoms with Crippen LogP contribution in [0.1, 0.15) is 62.1 Å². The van der Waals surface area contributed by atoms with E-state index in [9.17, 15) is 4.39 Å². The average molecular weight is 385 g/mol. The molecule has 144 valence electrons. The summed E-state index contributed by atoms with van der Waals surface area (Å²) in [6.45, 7) is 7.04. The Hall–Kier alpha value is -1.94. The van der Waals surface area contributed by atoms with E-state index in [1.54, 1.807) is 6.07 Å². The minimum Gasteiger partial charge on any atom is -0.342 e. The van der Waals surface area contributed by atoms with Crippen molar-refractivity contribution in [1.29, 1.82) is 0 Å². The standard InChI is InChI=1S/C23H29FN2S/c1-16(2)22-17(3)9-8-14-21(22)25-23(27)26(19-11-5-6-12-19)15-18-10-4-7-13-20(18)24/h4,7-10,13-14,16,19H,5-6,11-12,15H2,1-3H3,(H,25,27). The van der Waals surface area contributed by atoms with Crippen molar-refractivity contribution < 1.29 is 4.39 Å². The first kappa shape index (κ1) is 19.8. The number of nitrogens with zero attached hydrogens (tertiary/aromatic N) is 1. The van der Waals surface area contributed by atoms with Crippen molar-refractivity contribution in [2.24, 2.45) is 0 Å². The van der Waals surface area contributed by atoms with E-state index in [0.717, 1.165) is 18.5 Å². The summed E-state index contributed by atoms with van der Waals surface area (Å²) in [7, 11) is 0. The molecule has 1 saturated carbocycles. The molecule has 4 heteroatoms. The monoisotopic (exact) mass is 384 g/mol. The van der Waals surface area contributed by atoms with Gasteiger partial charge in [0.25, 0.3) is 0 Å². The Morgan fingerprint density at radius 1 is 1.15 bits per heavy atom. The second-order valence-corrected chi connectivity index (χ2v) is 8.17. The van der Waals surface area contributed by atoms with E-state index in [4.69, 9.17) is 12.2 Å². The Bertz CT molecular complexity index is 797. The highest BCUT2D eigenvalue weighted by Gasteiger charge is 2.26. The highest BCUT2D eigenvalue weighted by atomic mass is 32.1. The Labute approximate surface area is 167 Å². The number of benzene rings is 2. The van der Waals surface area contributed by atoms with Crippen LogP contribution in [0, 0.1) is 12.7 Å². The number of hydrogen-bond donors (Lipinski definition) is 1. The highest BCUT2D eigenvalue weighted by Crippen LogP contribution is 2.30. The Morgan fingerprint density at radius 3 is 2.52 bits per heavy atom. The Kier molecular flexibility index (Phi) is 6.48. The molecule has 0 bridgehead atoms. The minimum atomic E-state index is -0.165. The third kappa shape index (κ3) is 4.67. The molecule has 1 fully saturated rings. The average Bonchev–Trinajstić information content (AvgIpc) is 3.15. The largest absolute Gasteiger partial charge is 0.342 e. The molecule has 0 heterocycles. The van der Waals surface area contributed by atoms with Gasteiger partial charge in [-0.2, -0.15) is 0 Å². The number of hydrogen-bond acceptors (Lipinski definition) is 1. The summed E-state index contributed by atoms with van der Waals surface area (Å²) in [6, 6.07) is 13.7. The van der Waals surface area contributed by atoms with Crippen LogP contribution in [0.15, 0.2) is 42.5 Å². The lowest BCUT2D eigenvalue weighted by atomic mass is 9.96. The first-order valence-electron chi connectivity index (χ1n) is 9.88. The fourth-order valence-electron chi connectivity index (χ4n) is 4.14. The minimum absolute atomic E-state index is 0.165. The van der Waals surface area contributed by atoms with Crippen molar-refractivity contribution in [3.05, 3.63) is 65.0 Å². The third-order valence-electron chi connectivity index (χ3n) is 5.47. The molecule has 27 heavy (non-hydrogen) atoms. The van der Waals surface area contributed by atoms with Crippen LogP contribution in [-0.2, 0) is 6.54 Å². The molecule has 2 aromatic carbocycles. The lowest BCUT2D eigenvalue weighted by molar-refractivity contribution is 0.308. The maximum Gasteiger partial charge on any atom is 0.173 e. The zero-order valence-corrected chi connectivity index (χ0v) is 17.3. The number of rotatable bonds is 5. The van der Waals surface area contributed by atoms with Gasteiger partial charge in [-0.3, -0.25) is 0 Å². The van der Waals surface area contributed by atoms with E-state index in [2.05, 4.69) is 49.2 Å². The van der Waals surface area contributed by atoms with E-state index >= 15 is 0 Å². The van der Waals surface area contributed by atoms with Gasteiger partial charge in [-0.1, -0.05) is 57.0 Å². The molecule has 1 aliphatic rings. The van der Waals surface area contributed by atoms with Gasteiger partial charge in [0, 0.05) is 23.8 Å². The van der Waals surface area contributed by atoms with E-state index in [0.29, 0.717) is 29.2 Å². The second-order valence-electron chi connectivity index (χ2n) is 7.78. The van der Waals surface area contributed by atoms with Crippen molar-refractivity contribution in [2.45, 2.75) is 65.0 Å². The molecule has 0 aliphatic heterocycles. The molecule has 0 unspecified atom stereocenters. The summed E-state index contributed by atoms with van der Waals surface area (Å²) in [5.74, 6) is 0.240. The Morgan fingerprint density at radius 2 is 1.85 bits per heavy atom. The predicted octanol–water partition coefficient (Wildman–Crippen LogP) is 6.40. The van der Waals surface area contributed by atoms with Gasteiger partial charge >= 0.3 is 0 Å². The zero-order valence-electron chi connectivity index (χ0n) is 16.5. The molecule has 1 aliphatic carbocycles. The number of anilines is 1. The maximum atomic E-state index is 14.3. The van der Waals surface area contributed by atoms with E-state index in [1.807, 2.05) is 12.1 Å². The van der Waals surface area contributed by atoms with Crippen molar-refractivity contribution >= 4 is 23.0 Å². The van der Waals surface area contributed by atoms with Crippen LogP contribution >= 0.6 is 12.2 Å². The van der Waals surface area contributed by atoms with Crippen LogP contribution in [0.5, 0.6) is 0 Å². The normalized spacial score (nSPS) is 14.6. The van der Waals surface area contributed by atoms with Gasteiger partial charge < -0.3 is 10.2 Å². The van der Waals surface area contributed by atoms with Crippen LogP contribution in [-0.4, -0.2) is 16.1 Å². The quantitative estimate of drug-likeness (QED) is 0.601. The molecular weight excluding hydrogens is 355 g/mol. The van der Waals surface area contributed by atoms with Gasteiger partial charge in [-0.05, 0) is 61.2 Å². The number of halogens is 1. The molecule has 1 N–H and O–H groups in total. The summed E-state index contributed by atoms with van der Waals surface area (Å²) < 4.78 is 14.3. The Balaban J connectivity index is 1.86. The molecule has 2 aromatic rings. The highest BCUT2D eigenvalue weighted by molar-refractivity contribution is 7.80. The van der Waals surface area contributed by atoms with Gasteiger partial charge in [-0.25, -0.2) is 4.39 Å². The van der Waals surface area contributed by atoms with Gasteiger partial charge in [-0.15, -0.1) is 0 Å². The topological polar surface area (TPSA) is 15.3 Å².